The van der Waals surface area contributed by atoms with Crippen molar-refractivity contribution in [1.82, 2.24) is 15.3 Å². The van der Waals surface area contributed by atoms with E-state index >= 15 is 0 Å². The third-order valence-electron chi connectivity index (χ3n) is 3.37. The van der Waals surface area contributed by atoms with E-state index < -0.39 is 0 Å². The number of nitrogens with one attached hydrogen (secondary N) is 1. The molecule has 1 fully saturated rings. The first-order valence-electron chi connectivity index (χ1n) is 6.15. The standard InChI is InChI=1S/C13H21N3/c1-13(2)6-3-5-11(9-13)16-10-12-14-7-4-8-15-12/h4,7-8,11,16H,3,5-6,9-10H2,1-2H3. The number of hydrogen-bond acceptors (Lipinski definition) is 3. The summed E-state index contributed by atoms with van der Waals surface area (Å²) < 4.78 is 0. The zero-order valence-corrected chi connectivity index (χ0v) is 10.2. The quantitative estimate of drug-likeness (QED) is 0.849. The molecule has 0 bridgehead atoms. The first-order valence-corrected chi connectivity index (χ1v) is 6.15. The Kier molecular flexibility index (Phi) is 3.54. The van der Waals surface area contributed by atoms with Crippen LogP contribution in [0.3, 0.4) is 0 Å². The van der Waals surface area contributed by atoms with E-state index in [1.807, 2.05) is 6.07 Å². The van der Waals surface area contributed by atoms with Crippen LogP contribution in [0.1, 0.15) is 45.4 Å². The Morgan fingerprint density at radius 3 is 2.81 bits per heavy atom. The van der Waals surface area contributed by atoms with Gasteiger partial charge in [0.25, 0.3) is 0 Å². The molecule has 3 nitrogen and oxygen atoms in total. The normalized spacial score (nSPS) is 24.2. The number of rotatable bonds is 3. The zero-order valence-electron chi connectivity index (χ0n) is 10.2. The summed E-state index contributed by atoms with van der Waals surface area (Å²) in [5, 5.41) is 3.57. The Morgan fingerprint density at radius 2 is 2.12 bits per heavy atom. The van der Waals surface area contributed by atoms with Gasteiger partial charge in [0.2, 0.25) is 0 Å². The van der Waals surface area contributed by atoms with E-state index in [2.05, 4.69) is 29.1 Å². The lowest BCUT2D eigenvalue weighted by molar-refractivity contribution is 0.197. The van der Waals surface area contributed by atoms with E-state index in [1.54, 1.807) is 12.4 Å². The molecule has 1 aromatic rings. The summed E-state index contributed by atoms with van der Waals surface area (Å²) in [4.78, 5) is 8.45. The third-order valence-corrected chi connectivity index (χ3v) is 3.37. The van der Waals surface area contributed by atoms with E-state index in [4.69, 9.17) is 0 Å². The minimum Gasteiger partial charge on any atom is -0.307 e. The van der Waals surface area contributed by atoms with Gasteiger partial charge in [0.1, 0.15) is 5.82 Å². The van der Waals surface area contributed by atoms with Crippen LogP contribution in [0.2, 0.25) is 0 Å². The largest absolute Gasteiger partial charge is 0.307 e. The van der Waals surface area contributed by atoms with Crippen LogP contribution < -0.4 is 5.32 Å². The van der Waals surface area contributed by atoms with Gasteiger partial charge >= 0.3 is 0 Å². The van der Waals surface area contributed by atoms with E-state index in [-0.39, 0.29) is 0 Å². The molecule has 3 heteroatoms. The molecule has 0 amide bonds. The summed E-state index contributed by atoms with van der Waals surface area (Å²) in [5.41, 5.74) is 0.494. The van der Waals surface area contributed by atoms with Crippen molar-refractivity contribution in [3.63, 3.8) is 0 Å². The third kappa shape index (κ3) is 3.27. The molecule has 2 rings (SSSR count). The molecule has 1 aromatic heterocycles. The minimum atomic E-state index is 0.494. The van der Waals surface area contributed by atoms with Gasteiger partial charge in [-0.05, 0) is 30.7 Å². The average molecular weight is 219 g/mol. The average Bonchev–Trinajstić information content (AvgIpc) is 2.27. The van der Waals surface area contributed by atoms with Crippen molar-refractivity contribution >= 4 is 0 Å². The van der Waals surface area contributed by atoms with E-state index in [0.29, 0.717) is 11.5 Å². The Balaban J connectivity index is 1.82. The van der Waals surface area contributed by atoms with Crippen LogP contribution in [0.25, 0.3) is 0 Å². The van der Waals surface area contributed by atoms with Crippen LogP contribution in [0.4, 0.5) is 0 Å². The van der Waals surface area contributed by atoms with Crippen LogP contribution in [0, 0.1) is 5.41 Å². The molecule has 1 heterocycles. The molecule has 1 unspecified atom stereocenters. The fraction of sp³-hybridized carbons (Fsp3) is 0.692. The fourth-order valence-electron chi connectivity index (χ4n) is 2.53. The maximum Gasteiger partial charge on any atom is 0.141 e. The molecule has 0 radical (unpaired) electrons. The molecular formula is C13H21N3. The van der Waals surface area contributed by atoms with Crippen LogP contribution in [-0.2, 0) is 6.54 Å². The molecule has 16 heavy (non-hydrogen) atoms. The molecule has 1 atom stereocenters. The summed E-state index contributed by atoms with van der Waals surface area (Å²) in [6, 6.07) is 2.49. The van der Waals surface area contributed by atoms with Crippen LogP contribution in [0.15, 0.2) is 18.5 Å². The van der Waals surface area contributed by atoms with Gasteiger partial charge in [-0.3, -0.25) is 0 Å². The molecular weight excluding hydrogens is 198 g/mol. The smallest absolute Gasteiger partial charge is 0.141 e. The van der Waals surface area contributed by atoms with Gasteiger partial charge in [-0.15, -0.1) is 0 Å². The lowest BCUT2D eigenvalue weighted by Crippen LogP contribution is -2.37. The highest BCUT2D eigenvalue weighted by Gasteiger charge is 2.27. The van der Waals surface area contributed by atoms with Crippen molar-refractivity contribution < 1.29 is 0 Å². The van der Waals surface area contributed by atoms with Gasteiger partial charge in [-0.2, -0.15) is 0 Å². The van der Waals surface area contributed by atoms with Crippen molar-refractivity contribution in [1.29, 1.82) is 0 Å². The molecule has 0 aromatic carbocycles. The molecule has 0 spiro atoms. The van der Waals surface area contributed by atoms with Crippen LogP contribution >= 0.6 is 0 Å². The second-order valence-electron chi connectivity index (χ2n) is 5.50. The maximum absolute atomic E-state index is 4.23. The topological polar surface area (TPSA) is 37.8 Å². The summed E-state index contributed by atoms with van der Waals surface area (Å²) in [6.45, 7) is 5.52. The second-order valence-corrected chi connectivity index (χ2v) is 5.50. The summed E-state index contributed by atoms with van der Waals surface area (Å²) in [6.07, 6.45) is 8.84. The van der Waals surface area contributed by atoms with Gasteiger partial charge in [0.15, 0.2) is 0 Å². The second kappa shape index (κ2) is 4.91. The lowest BCUT2D eigenvalue weighted by Gasteiger charge is -2.35. The van der Waals surface area contributed by atoms with E-state index in [0.717, 1.165) is 12.4 Å². The van der Waals surface area contributed by atoms with Crippen LogP contribution in [0.5, 0.6) is 0 Å². The predicted octanol–water partition coefficient (Wildman–Crippen LogP) is 2.54. The molecule has 0 aliphatic heterocycles. The Bertz CT molecular complexity index is 321. The Hall–Kier alpha value is -0.960. The Morgan fingerprint density at radius 1 is 1.38 bits per heavy atom. The number of aromatic nitrogens is 2. The first-order chi connectivity index (χ1) is 7.66. The van der Waals surface area contributed by atoms with Crippen molar-refractivity contribution in [3.8, 4) is 0 Å². The minimum absolute atomic E-state index is 0.494. The summed E-state index contributed by atoms with van der Waals surface area (Å²) in [5.74, 6) is 0.894. The molecule has 1 saturated carbocycles. The number of hydrogen-bond donors (Lipinski definition) is 1. The van der Waals surface area contributed by atoms with Crippen molar-refractivity contribution in [3.05, 3.63) is 24.3 Å². The highest BCUT2D eigenvalue weighted by Crippen LogP contribution is 2.35. The maximum atomic E-state index is 4.23. The zero-order chi connectivity index (χ0) is 11.4. The van der Waals surface area contributed by atoms with Crippen molar-refractivity contribution in [2.45, 2.75) is 52.1 Å². The SMILES string of the molecule is CC1(C)CCCC(NCc2ncccn2)C1. The Labute approximate surface area is 97.7 Å². The lowest BCUT2D eigenvalue weighted by atomic mass is 9.75. The monoisotopic (exact) mass is 219 g/mol. The molecule has 88 valence electrons. The van der Waals surface area contributed by atoms with Gasteiger partial charge in [0, 0.05) is 18.4 Å². The van der Waals surface area contributed by atoms with Gasteiger partial charge in [-0.1, -0.05) is 20.3 Å². The van der Waals surface area contributed by atoms with Crippen molar-refractivity contribution in [2.24, 2.45) is 5.41 Å². The molecule has 0 saturated heterocycles. The van der Waals surface area contributed by atoms with Gasteiger partial charge < -0.3 is 5.32 Å². The summed E-state index contributed by atoms with van der Waals surface area (Å²) in [7, 11) is 0. The first kappa shape index (κ1) is 11.5. The van der Waals surface area contributed by atoms with Gasteiger partial charge in [-0.25, -0.2) is 9.97 Å². The predicted molar refractivity (Wildman–Crippen MR) is 64.9 cm³/mol. The highest BCUT2D eigenvalue weighted by atomic mass is 15.0. The van der Waals surface area contributed by atoms with E-state index in [9.17, 15) is 0 Å². The highest BCUT2D eigenvalue weighted by molar-refractivity contribution is 4.90. The van der Waals surface area contributed by atoms with Crippen molar-refractivity contribution in [2.75, 3.05) is 0 Å². The molecule has 1 aliphatic rings. The summed E-state index contributed by atoms with van der Waals surface area (Å²) >= 11 is 0. The van der Waals surface area contributed by atoms with Crippen LogP contribution in [-0.4, -0.2) is 16.0 Å². The molecule has 1 N–H and O–H groups in total. The fourth-order valence-corrected chi connectivity index (χ4v) is 2.53. The van der Waals surface area contributed by atoms with E-state index in [1.165, 1.54) is 25.7 Å². The van der Waals surface area contributed by atoms with Gasteiger partial charge in [0.05, 0.1) is 6.54 Å². The molecule has 1 aliphatic carbocycles. The number of nitrogens with zero attached hydrogens (tertiary/aromatic N) is 2.